The first kappa shape index (κ1) is 91.4. The fourth-order valence-electron chi connectivity index (χ4n) is 18.6. The fraction of sp³-hybridized carbons (Fsp3) is 0.300. The number of aromatic amines is 5. The van der Waals surface area contributed by atoms with E-state index in [2.05, 4.69) is 89.3 Å². The molecule has 10 aromatic heterocycles. The highest BCUT2D eigenvalue weighted by molar-refractivity contribution is 5.98. The summed E-state index contributed by atoms with van der Waals surface area (Å²) in [4.78, 5) is 131. The maximum Gasteiger partial charge on any atom is 0.345 e. The van der Waals surface area contributed by atoms with Crippen molar-refractivity contribution in [3.63, 3.8) is 0 Å². The highest BCUT2D eigenvalue weighted by Gasteiger charge is 2.30. The smallest absolute Gasteiger partial charge is 0.345 e. The molecule has 1 fully saturated rings. The number of aromatic hydroxyl groups is 3. The number of pyridine rings is 5. The van der Waals surface area contributed by atoms with Crippen molar-refractivity contribution in [1.82, 2.24) is 47.8 Å². The van der Waals surface area contributed by atoms with Crippen molar-refractivity contribution in [2.45, 2.75) is 159 Å². The lowest BCUT2D eigenvalue weighted by molar-refractivity contribution is -0.0517. The van der Waals surface area contributed by atoms with Crippen molar-refractivity contribution >= 4 is 84.4 Å². The number of nitrogens with one attached hydrogen (secondary N) is 5. The van der Waals surface area contributed by atoms with Crippen LogP contribution in [-0.2, 0) is 102 Å². The molecule has 1 aliphatic heterocycles. The molecule has 30 heteroatoms. The van der Waals surface area contributed by atoms with Crippen LogP contribution in [0.3, 0.4) is 0 Å². The lowest BCUT2D eigenvalue weighted by Crippen LogP contribution is -2.20. The number of fused-ring (bicyclic) bond motifs is 9. The van der Waals surface area contributed by atoms with Gasteiger partial charge in [0.15, 0.2) is 23.0 Å². The lowest BCUT2D eigenvalue weighted by atomic mass is 9.94. The van der Waals surface area contributed by atoms with Gasteiger partial charge in [0.2, 0.25) is 0 Å². The summed E-state index contributed by atoms with van der Waals surface area (Å²) in [5.41, 5.74) is 19.7. The van der Waals surface area contributed by atoms with Gasteiger partial charge in [0.1, 0.15) is 28.4 Å². The maximum absolute atomic E-state index is 12.2. The first-order valence-corrected chi connectivity index (χ1v) is 43.3. The predicted octanol–water partition coefficient (Wildman–Crippen LogP) is 15.9. The molecule has 130 heavy (non-hydrogen) atoms. The molecule has 0 saturated carbocycles. The Kier molecular flexibility index (Phi) is 26.2. The van der Waals surface area contributed by atoms with Gasteiger partial charge in [0, 0.05) is 128 Å². The SMILES string of the molecule is CCc1c(-c2ccc3c(c2)c(C)c(C)n3C)[nH]c(=O)c(C(=O)O)c1O.CCc1c(-c2ccc3c(c2)c2c(n3C)CCCC2)[nH]c(=O)c(C(=O)O)c1O.CCc1c(-c2ccc3c(ccn3CC3OCCO3)c2)[nH]c(=O)c(C(=O)O)c1O.CCc1cc(C(=O)O)c(=O)[nH]c1-c1ccc2c(c1)c(C)c(C)n2C.CCc1cc(C(=O)O)c(=O)[nH]c1-c1ccc2c(c1)c1c(n2C)CCCC1. The predicted molar refractivity (Wildman–Crippen MR) is 499 cm³/mol. The van der Waals surface area contributed by atoms with Crippen molar-refractivity contribution in [2.75, 3.05) is 13.2 Å². The summed E-state index contributed by atoms with van der Waals surface area (Å²) in [5.74, 6) is -8.12. The summed E-state index contributed by atoms with van der Waals surface area (Å²) in [6, 6.07) is 34.7. The minimum absolute atomic E-state index is 0.205. The van der Waals surface area contributed by atoms with Crippen LogP contribution in [0.25, 0.3) is 111 Å². The zero-order valence-electron chi connectivity index (χ0n) is 74.6. The molecule has 5 aromatic carbocycles. The topological polar surface area (TPSA) is 455 Å². The van der Waals surface area contributed by atoms with Crippen molar-refractivity contribution < 1.29 is 74.3 Å². The Morgan fingerprint density at radius 1 is 0.369 bits per heavy atom. The second kappa shape index (κ2) is 37.3. The molecule has 0 amide bonds. The first-order chi connectivity index (χ1) is 62.1. The quantitative estimate of drug-likeness (QED) is 0.0403. The molecule has 30 nitrogen and oxygen atoms in total. The molecule has 0 spiro atoms. The highest BCUT2D eigenvalue weighted by atomic mass is 16.7. The third-order valence-electron chi connectivity index (χ3n) is 26.0. The molecule has 0 atom stereocenters. The summed E-state index contributed by atoms with van der Waals surface area (Å²) in [5, 5.41) is 82.4. The molecule has 1 saturated heterocycles. The van der Waals surface area contributed by atoms with Crippen LogP contribution in [0.1, 0.15) is 185 Å². The Hall–Kier alpha value is -14.8. The van der Waals surface area contributed by atoms with Gasteiger partial charge in [-0.25, -0.2) is 24.0 Å². The summed E-state index contributed by atoms with van der Waals surface area (Å²) < 4.78 is 21.8. The number of hydrogen-bond acceptors (Lipinski definition) is 15. The second-order valence-corrected chi connectivity index (χ2v) is 33.0. The number of carboxylic acid groups (broad SMARTS) is 5. The molecular formula is C100H104N10O20. The van der Waals surface area contributed by atoms with E-state index in [1.54, 1.807) is 13.8 Å². The number of nitrogens with zero attached hydrogens (tertiary/aromatic N) is 5. The molecule has 0 radical (unpaired) electrons. The normalized spacial score (nSPS) is 13.0. The van der Waals surface area contributed by atoms with Crippen molar-refractivity contribution in [3.8, 4) is 73.5 Å². The summed E-state index contributed by atoms with van der Waals surface area (Å²) in [7, 11) is 8.23. The number of H-pyrrole nitrogens is 5. The highest BCUT2D eigenvalue weighted by Crippen LogP contribution is 2.41. The van der Waals surface area contributed by atoms with Gasteiger partial charge in [-0.3, -0.25) is 24.0 Å². The van der Waals surface area contributed by atoms with Crippen LogP contribution >= 0.6 is 0 Å². The van der Waals surface area contributed by atoms with Gasteiger partial charge in [-0.05, 0) is 251 Å². The molecule has 15 aromatic rings. The number of hydrogen-bond donors (Lipinski definition) is 13. The number of rotatable bonds is 17. The minimum Gasteiger partial charge on any atom is -0.506 e. The molecule has 2 aliphatic carbocycles. The average Bonchev–Trinajstić information content (AvgIpc) is 1.64. The minimum atomic E-state index is -1.45. The Morgan fingerprint density at radius 2 is 0.685 bits per heavy atom. The maximum atomic E-state index is 12.2. The number of aromatic nitrogens is 10. The molecule has 13 N–H and O–H groups in total. The van der Waals surface area contributed by atoms with Crippen LogP contribution in [0.4, 0.5) is 0 Å². The van der Waals surface area contributed by atoms with Crippen LogP contribution < -0.4 is 27.8 Å². The third-order valence-corrected chi connectivity index (χ3v) is 26.0. The van der Waals surface area contributed by atoms with Crippen molar-refractivity contribution in [1.29, 1.82) is 0 Å². The first-order valence-electron chi connectivity index (χ1n) is 43.3. The van der Waals surface area contributed by atoms with Gasteiger partial charge < -0.3 is 98.1 Å². The van der Waals surface area contributed by atoms with Crippen LogP contribution in [0.2, 0.25) is 0 Å². The Morgan fingerprint density at radius 3 is 1.02 bits per heavy atom. The molecule has 11 heterocycles. The Balaban J connectivity index is 0.000000131. The summed E-state index contributed by atoms with van der Waals surface area (Å²) in [6.45, 7) is 19.3. The van der Waals surface area contributed by atoms with E-state index in [9.17, 15) is 78.6 Å². The number of benzene rings is 5. The van der Waals surface area contributed by atoms with Gasteiger partial charge in [-0.1, -0.05) is 65.0 Å². The van der Waals surface area contributed by atoms with Gasteiger partial charge in [-0.2, -0.15) is 0 Å². The van der Waals surface area contributed by atoms with E-state index < -0.39 is 91.6 Å². The van der Waals surface area contributed by atoms with Crippen molar-refractivity contribution in [3.05, 3.63) is 268 Å². The van der Waals surface area contributed by atoms with E-state index in [0.29, 0.717) is 96.9 Å². The van der Waals surface area contributed by atoms with E-state index in [4.69, 9.17) is 19.7 Å². The summed E-state index contributed by atoms with van der Waals surface area (Å²) >= 11 is 0. The van der Waals surface area contributed by atoms with E-state index >= 15 is 0 Å². The number of carboxylic acids is 5. The lowest BCUT2D eigenvalue weighted by Gasteiger charge is -2.13. The van der Waals surface area contributed by atoms with Gasteiger partial charge in [0.05, 0.1) is 48.2 Å². The van der Waals surface area contributed by atoms with Crippen molar-refractivity contribution in [2.24, 2.45) is 28.2 Å². The standard InChI is InChI=1S/C21H22N2O4.C21H22N2O3.C20H20N2O6.C19H20N2O4.C19H20N2O3/c1-3-12-18(22-20(25)17(19(12)24)21(26)27)11-8-9-16-14(10-11)13-6-4-5-7-15(13)23(16)2;1-3-12-10-16(21(25)26)20(24)22-19(12)13-8-9-18-15(11-13)14-6-4-5-7-17(14)23(18)2;1-2-13-17(21-19(24)16(18(13)23)20(25)26)12-3-4-14-11(9-12)5-6-22(14)10-15-27-7-8-28-15;1-5-12-16(20-18(23)15(17(12)22)19(24)25)11-6-7-14-13(8-11)9(2)10(3)21(14)4;1-5-12-8-15(19(23)24)18(22)20-17(12)13-6-7-16-14(9-13)10(2)11(3)21(16)4/h8-10H,3-7H2,1-2H3,(H,26,27)(H2,22,24,25);8-11H,3-7H2,1-2H3,(H,22,24)(H,25,26);3-6,9,15H,2,7-8,10H2,1H3,(H,25,26)(H2,21,23,24);6-8H,5H2,1-4H3,(H,24,25)(H2,20,22,23);6-9H,5H2,1-4H3,(H,20,22)(H,23,24). The average molecular weight is 1770 g/mol. The van der Waals surface area contributed by atoms with Crippen LogP contribution in [0, 0.1) is 27.7 Å². The molecule has 18 rings (SSSR count). The monoisotopic (exact) mass is 1760 g/mol. The van der Waals surface area contributed by atoms with Gasteiger partial charge in [0.25, 0.3) is 27.8 Å². The molecule has 0 bridgehead atoms. The second-order valence-electron chi connectivity index (χ2n) is 33.0. The fourth-order valence-corrected chi connectivity index (χ4v) is 18.6. The zero-order chi connectivity index (χ0) is 93.6. The summed E-state index contributed by atoms with van der Waals surface area (Å²) in [6.07, 6.45) is 13.2. The van der Waals surface area contributed by atoms with Gasteiger partial charge >= 0.3 is 29.8 Å². The van der Waals surface area contributed by atoms with Crippen LogP contribution in [-0.4, -0.2) is 138 Å². The largest absolute Gasteiger partial charge is 0.506 e. The van der Waals surface area contributed by atoms with E-state index in [1.807, 2.05) is 138 Å². The third kappa shape index (κ3) is 16.9. The number of aromatic carboxylic acids is 5. The molecule has 0 unspecified atom stereocenters. The zero-order valence-corrected chi connectivity index (χ0v) is 74.6. The number of ether oxygens (including phenoxy) is 2. The Bertz CT molecular complexity index is 7470. The van der Waals surface area contributed by atoms with E-state index in [1.165, 1.54) is 82.5 Å². The molecule has 3 aliphatic rings. The molecule has 674 valence electrons. The van der Waals surface area contributed by atoms with Gasteiger partial charge in [-0.15, -0.1) is 0 Å². The molecular weight excluding hydrogens is 1660 g/mol. The van der Waals surface area contributed by atoms with Crippen LogP contribution in [0.15, 0.2) is 139 Å². The number of aryl methyl sites for hydroxylation is 10. The van der Waals surface area contributed by atoms with Crippen LogP contribution in [0.5, 0.6) is 17.2 Å². The Labute approximate surface area is 744 Å². The number of carbonyl (C=O) groups is 5. The van der Waals surface area contributed by atoms with E-state index in [0.717, 1.165) is 120 Å². The van der Waals surface area contributed by atoms with E-state index in [-0.39, 0.29) is 17.4 Å².